The molecule has 7 heteroatoms. The van der Waals surface area contributed by atoms with Gasteiger partial charge in [-0.2, -0.15) is 0 Å². The van der Waals surface area contributed by atoms with Crippen molar-refractivity contribution < 1.29 is 28.6 Å². The third kappa shape index (κ3) is 4.74. The van der Waals surface area contributed by atoms with Crippen LogP contribution < -0.4 is 0 Å². The molecule has 154 valence electrons. The molecule has 0 saturated carbocycles. The molecule has 1 saturated heterocycles. The topological polar surface area (TPSA) is 83.8 Å². The van der Waals surface area contributed by atoms with Crippen LogP contribution in [0.1, 0.15) is 55.3 Å². The van der Waals surface area contributed by atoms with Crippen molar-refractivity contribution in [1.29, 1.82) is 0 Å². The van der Waals surface area contributed by atoms with Gasteiger partial charge in [0, 0.05) is 30.1 Å². The van der Waals surface area contributed by atoms with Crippen LogP contribution in [0.25, 0.3) is 0 Å². The maximum atomic E-state index is 12.6. The Labute approximate surface area is 169 Å². The number of aryl methyl sites for hydroxylation is 1. The van der Waals surface area contributed by atoms with Gasteiger partial charge in [0.25, 0.3) is 0 Å². The Balaban J connectivity index is 1.61. The molecule has 0 unspecified atom stereocenters. The zero-order valence-electron chi connectivity index (χ0n) is 16.9. The number of nitrogens with zero attached hydrogens (tertiary/aromatic N) is 1. The van der Waals surface area contributed by atoms with E-state index >= 15 is 0 Å². The van der Waals surface area contributed by atoms with Gasteiger partial charge in [0.1, 0.15) is 0 Å². The Morgan fingerprint density at radius 3 is 2.34 bits per heavy atom. The maximum absolute atomic E-state index is 12.6. The fourth-order valence-electron chi connectivity index (χ4n) is 3.51. The van der Waals surface area contributed by atoms with Crippen molar-refractivity contribution in [2.24, 2.45) is 0 Å². The Morgan fingerprint density at radius 2 is 1.76 bits per heavy atom. The highest BCUT2D eigenvalue weighted by Gasteiger charge is 2.22. The maximum Gasteiger partial charge on any atom is 0.338 e. The van der Waals surface area contributed by atoms with Crippen molar-refractivity contribution >= 4 is 17.7 Å². The zero-order chi connectivity index (χ0) is 21.0. The Kier molecular flexibility index (Phi) is 6.49. The second-order valence-corrected chi connectivity index (χ2v) is 7.10. The van der Waals surface area contributed by atoms with E-state index in [1.807, 2.05) is 19.9 Å². The molecule has 1 aliphatic heterocycles. The zero-order valence-corrected chi connectivity index (χ0v) is 16.9. The average molecular weight is 399 g/mol. The molecule has 1 aromatic heterocycles. The summed E-state index contributed by atoms with van der Waals surface area (Å²) in [6, 6.07) is 7.70. The Bertz CT molecular complexity index is 906. The number of hydrogen-bond donors (Lipinski definition) is 0. The number of Topliss-reactive ketones (excluding diaryl/α,β-unsaturated/α-hetero) is 1. The Hall–Kier alpha value is -2.93. The number of rotatable bonds is 7. The van der Waals surface area contributed by atoms with E-state index in [0.717, 1.165) is 37.4 Å². The Morgan fingerprint density at radius 1 is 1.10 bits per heavy atom. The first kappa shape index (κ1) is 20.8. The summed E-state index contributed by atoms with van der Waals surface area (Å²) >= 11 is 0. The minimum Gasteiger partial charge on any atom is -0.465 e. The fourth-order valence-corrected chi connectivity index (χ4v) is 3.51. The van der Waals surface area contributed by atoms with Crippen molar-refractivity contribution in [3.63, 3.8) is 0 Å². The summed E-state index contributed by atoms with van der Waals surface area (Å²) in [6.07, 6.45) is 2.26. The number of hydrogen-bond acceptors (Lipinski definition) is 6. The normalized spacial score (nSPS) is 15.9. The minimum atomic E-state index is -0.622. The molecule has 1 aromatic carbocycles. The van der Waals surface area contributed by atoms with Crippen LogP contribution in [0.5, 0.6) is 0 Å². The predicted octanol–water partition coefficient (Wildman–Crippen LogP) is 3.11. The van der Waals surface area contributed by atoms with Crippen LogP contribution in [0.4, 0.5) is 0 Å². The molecule has 0 spiro atoms. The van der Waals surface area contributed by atoms with Crippen LogP contribution >= 0.6 is 0 Å². The lowest BCUT2D eigenvalue weighted by Crippen LogP contribution is -2.18. The molecule has 29 heavy (non-hydrogen) atoms. The van der Waals surface area contributed by atoms with Crippen molar-refractivity contribution in [1.82, 2.24) is 4.57 Å². The molecule has 0 aliphatic carbocycles. The SMILES string of the molecule is COC(=O)c1ccc(C(=O)OCC(=O)c2cc(C)n(C[C@@H]3CCCO3)c2C)cc1. The van der Waals surface area contributed by atoms with E-state index in [-0.39, 0.29) is 24.1 Å². The van der Waals surface area contributed by atoms with Gasteiger partial charge in [-0.05, 0) is 57.0 Å². The van der Waals surface area contributed by atoms with E-state index in [0.29, 0.717) is 11.1 Å². The number of benzene rings is 1. The highest BCUT2D eigenvalue weighted by molar-refractivity contribution is 6.00. The van der Waals surface area contributed by atoms with Crippen molar-refractivity contribution in [3.05, 3.63) is 58.4 Å². The average Bonchev–Trinajstić information content (AvgIpc) is 3.35. The quantitative estimate of drug-likeness (QED) is 0.525. The van der Waals surface area contributed by atoms with Gasteiger partial charge in [-0.25, -0.2) is 9.59 Å². The second-order valence-electron chi connectivity index (χ2n) is 7.10. The van der Waals surface area contributed by atoms with Crippen LogP contribution in [-0.4, -0.2) is 48.7 Å². The van der Waals surface area contributed by atoms with Gasteiger partial charge < -0.3 is 18.8 Å². The lowest BCUT2D eigenvalue weighted by molar-refractivity contribution is 0.0473. The van der Waals surface area contributed by atoms with E-state index in [1.165, 1.54) is 31.4 Å². The summed E-state index contributed by atoms with van der Waals surface area (Å²) in [5.41, 5.74) is 2.97. The molecule has 2 aromatic rings. The molecule has 1 fully saturated rings. The number of ether oxygens (including phenoxy) is 3. The molecular formula is C22H25NO6. The highest BCUT2D eigenvalue weighted by Crippen LogP contribution is 2.21. The van der Waals surface area contributed by atoms with Gasteiger partial charge in [0.05, 0.1) is 24.3 Å². The number of methoxy groups -OCH3 is 1. The summed E-state index contributed by atoms with van der Waals surface area (Å²) < 4.78 is 17.6. The van der Waals surface area contributed by atoms with Crippen LogP contribution in [0, 0.1) is 13.8 Å². The monoisotopic (exact) mass is 399 g/mol. The first-order valence-corrected chi connectivity index (χ1v) is 9.57. The summed E-state index contributed by atoms with van der Waals surface area (Å²) in [4.78, 5) is 36.3. The molecule has 1 aliphatic rings. The van der Waals surface area contributed by atoms with Gasteiger partial charge in [-0.3, -0.25) is 4.79 Å². The lowest BCUT2D eigenvalue weighted by atomic mass is 10.1. The van der Waals surface area contributed by atoms with Gasteiger partial charge in [0.2, 0.25) is 5.78 Å². The number of ketones is 1. The van der Waals surface area contributed by atoms with Crippen molar-refractivity contribution in [3.8, 4) is 0 Å². The molecule has 0 radical (unpaired) electrons. The minimum absolute atomic E-state index is 0.175. The second kappa shape index (κ2) is 9.05. The first-order valence-electron chi connectivity index (χ1n) is 9.57. The molecule has 3 rings (SSSR count). The lowest BCUT2D eigenvalue weighted by Gasteiger charge is -2.14. The van der Waals surface area contributed by atoms with Crippen molar-refractivity contribution in [2.75, 3.05) is 20.3 Å². The fraction of sp³-hybridized carbons (Fsp3) is 0.409. The number of carbonyl (C=O) groups excluding carboxylic acids is 3. The summed E-state index contributed by atoms with van der Waals surface area (Å²) in [5.74, 6) is -1.36. The van der Waals surface area contributed by atoms with Gasteiger partial charge in [-0.1, -0.05) is 0 Å². The number of aromatic nitrogens is 1. The third-order valence-corrected chi connectivity index (χ3v) is 5.16. The first-order chi connectivity index (χ1) is 13.9. The van der Waals surface area contributed by atoms with E-state index in [9.17, 15) is 14.4 Å². The van der Waals surface area contributed by atoms with Gasteiger partial charge in [-0.15, -0.1) is 0 Å². The molecule has 1 atom stereocenters. The standard InChI is InChI=1S/C22H25NO6/c1-14-11-19(15(2)23(14)12-18-5-4-10-28-18)20(24)13-29-22(26)17-8-6-16(7-9-17)21(25)27-3/h6-9,11,18H,4-5,10,12-13H2,1-3H3/t18-/m0/s1. The van der Waals surface area contributed by atoms with Crippen LogP contribution in [-0.2, 0) is 20.8 Å². The molecule has 0 bridgehead atoms. The van der Waals surface area contributed by atoms with Crippen molar-refractivity contribution in [2.45, 2.75) is 39.3 Å². The van der Waals surface area contributed by atoms with Crippen LogP contribution in [0.3, 0.4) is 0 Å². The number of esters is 2. The molecular weight excluding hydrogens is 374 g/mol. The third-order valence-electron chi connectivity index (χ3n) is 5.16. The smallest absolute Gasteiger partial charge is 0.338 e. The van der Waals surface area contributed by atoms with E-state index in [2.05, 4.69) is 9.30 Å². The number of carbonyl (C=O) groups is 3. The summed E-state index contributed by atoms with van der Waals surface area (Å²) in [6.45, 7) is 5.00. The molecule has 0 amide bonds. The van der Waals surface area contributed by atoms with E-state index in [1.54, 1.807) is 0 Å². The largest absolute Gasteiger partial charge is 0.465 e. The highest BCUT2D eigenvalue weighted by atomic mass is 16.5. The van der Waals surface area contributed by atoms with Gasteiger partial charge in [0.15, 0.2) is 6.61 Å². The molecule has 7 nitrogen and oxygen atoms in total. The summed E-state index contributed by atoms with van der Waals surface area (Å²) in [7, 11) is 1.29. The van der Waals surface area contributed by atoms with E-state index < -0.39 is 11.9 Å². The predicted molar refractivity (Wildman–Crippen MR) is 105 cm³/mol. The van der Waals surface area contributed by atoms with Crippen LogP contribution in [0.15, 0.2) is 30.3 Å². The molecule has 0 N–H and O–H groups in total. The van der Waals surface area contributed by atoms with E-state index in [4.69, 9.17) is 9.47 Å². The van der Waals surface area contributed by atoms with Gasteiger partial charge >= 0.3 is 11.9 Å². The summed E-state index contributed by atoms with van der Waals surface area (Å²) in [5, 5.41) is 0. The molecule has 2 heterocycles. The van der Waals surface area contributed by atoms with Crippen LogP contribution in [0.2, 0.25) is 0 Å².